The van der Waals surface area contributed by atoms with E-state index in [4.69, 9.17) is 26.8 Å². The Hall–Kier alpha value is -2.24. The van der Waals surface area contributed by atoms with Crippen molar-refractivity contribution in [2.75, 3.05) is 14.2 Å². The van der Waals surface area contributed by atoms with Gasteiger partial charge in [0.25, 0.3) is 0 Å². The number of nitrogens with two attached hydrogens (primary N) is 1. The number of methoxy groups -OCH3 is 2. The minimum absolute atomic E-state index is 0.156. The molecular weight excluding hydrogens is 338 g/mol. The summed E-state index contributed by atoms with van der Waals surface area (Å²) in [7, 11) is 3.27. The van der Waals surface area contributed by atoms with Crippen molar-refractivity contribution in [1.82, 2.24) is 9.55 Å². The number of rotatable bonds is 6. The average molecular weight is 360 g/mol. The van der Waals surface area contributed by atoms with E-state index in [-0.39, 0.29) is 6.04 Å². The molecule has 1 atom stereocenters. The maximum Gasteiger partial charge on any atom is 0.160 e. The first-order chi connectivity index (χ1) is 12.0. The molecule has 0 saturated carbocycles. The molecule has 1 unspecified atom stereocenters. The lowest BCUT2D eigenvalue weighted by atomic mass is 10.1. The number of nitrogens with zero attached hydrogens (tertiary/aromatic N) is 2. The molecule has 0 radical (unpaired) electrons. The second-order valence-electron chi connectivity index (χ2n) is 5.98. The van der Waals surface area contributed by atoms with Crippen LogP contribution in [0.15, 0.2) is 36.4 Å². The van der Waals surface area contributed by atoms with Gasteiger partial charge in [-0.1, -0.05) is 17.7 Å². The van der Waals surface area contributed by atoms with Crippen molar-refractivity contribution in [2.24, 2.45) is 5.73 Å². The van der Waals surface area contributed by atoms with E-state index in [0.717, 1.165) is 46.9 Å². The van der Waals surface area contributed by atoms with E-state index in [1.54, 1.807) is 14.2 Å². The second kappa shape index (κ2) is 7.33. The van der Waals surface area contributed by atoms with E-state index in [2.05, 4.69) is 9.55 Å². The highest BCUT2D eigenvalue weighted by molar-refractivity contribution is 6.31. The van der Waals surface area contributed by atoms with Gasteiger partial charge in [0, 0.05) is 11.6 Å². The van der Waals surface area contributed by atoms with Crippen LogP contribution in [0.5, 0.6) is 11.5 Å². The summed E-state index contributed by atoms with van der Waals surface area (Å²) >= 11 is 6.17. The van der Waals surface area contributed by atoms with E-state index in [9.17, 15) is 0 Å². The van der Waals surface area contributed by atoms with Crippen molar-refractivity contribution in [3.63, 3.8) is 0 Å². The smallest absolute Gasteiger partial charge is 0.160 e. The summed E-state index contributed by atoms with van der Waals surface area (Å²) in [4.78, 5) is 4.66. The molecule has 25 heavy (non-hydrogen) atoms. The van der Waals surface area contributed by atoms with Crippen LogP contribution in [0.1, 0.15) is 24.4 Å². The molecule has 5 nitrogen and oxygen atoms in total. The largest absolute Gasteiger partial charge is 0.493 e. The average Bonchev–Trinajstić information content (AvgIpc) is 2.97. The molecule has 0 aliphatic rings. The number of aryl methyl sites for hydroxylation is 2. The van der Waals surface area contributed by atoms with Crippen molar-refractivity contribution >= 4 is 22.6 Å². The Labute approximate surface area is 152 Å². The van der Waals surface area contributed by atoms with Crippen LogP contribution in [-0.4, -0.2) is 23.8 Å². The van der Waals surface area contributed by atoms with Crippen LogP contribution in [0.25, 0.3) is 11.0 Å². The van der Waals surface area contributed by atoms with E-state index in [1.165, 1.54) is 0 Å². The molecule has 3 aromatic rings. The fourth-order valence-corrected chi connectivity index (χ4v) is 3.14. The van der Waals surface area contributed by atoms with Gasteiger partial charge in [0.15, 0.2) is 11.5 Å². The number of ether oxygens (including phenoxy) is 2. The van der Waals surface area contributed by atoms with Gasteiger partial charge >= 0.3 is 0 Å². The van der Waals surface area contributed by atoms with Gasteiger partial charge in [0.1, 0.15) is 5.82 Å². The Kier molecular flexibility index (Phi) is 5.16. The molecule has 6 heteroatoms. The van der Waals surface area contributed by atoms with E-state index >= 15 is 0 Å². The third-order valence-electron chi connectivity index (χ3n) is 4.22. The molecule has 2 aromatic carbocycles. The highest BCUT2D eigenvalue weighted by Gasteiger charge is 2.14. The number of aromatic nitrogens is 2. The zero-order valence-corrected chi connectivity index (χ0v) is 15.4. The molecule has 0 bridgehead atoms. The maximum absolute atomic E-state index is 6.17. The highest BCUT2D eigenvalue weighted by Crippen LogP contribution is 2.28. The van der Waals surface area contributed by atoms with Crippen LogP contribution >= 0.6 is 11.6 Å². The van der Waals surface area contributed by atoms with Crippen LogP contribution in [0.4, 0.5) is 0 Å². The third kappa shape index (κ3) is 3.57. The molecule has 0 saturated heterocycles. The van der Waals surface area contributed by atoms with Crippen molar-refractivity contribution in [2.45, 2.75) is 25.9 Å². The standard InChI is InChI=1S/C19H22ClN3O2/c1-12(21)19-22-15-6-5-14(20)11-16(15)23(19)9-8-13-4-7-17(24-2)18(10-13)25-3/h4-7,10-12H,8-9,21H2,1-3H3. The Morgan fingerprint density at radius 2 is 1.88 bits per heavy atom. The maximum atomic E-state index is 6.17. The van der Waals surface area contributed by atoms with Crippen LogP contribution in [0.3, 0.4) is 0 Å². The van der Waals surface area contributed by atoms with E-state index < -0.39 is 0 Å². The molecule has 132 valence electrons. The molecular formula is C19H22ClN3O2. The Balaban J connectivity index is 1.92. The summed E-state index contributed by atoms with van der Waals surface area (Å²) in [5.41, 5.74) is 9.17. The molecule has 0 spiro atoms. The first kappa shape index (κ1) is 17.6. The molecule has 0 aliphatic carbocycles. The van der Waals surface area contributed by atoms with Gasteiger partial charge < -0.3 is 19.8 Å². The number of fused-ring (bicyclic) bond motifs is 1. The number of hydrogen-bond acceptors (Lipinski definition) is 4. The quantitative estimate of drug-likeness (QED) is 0.723. The van der Waals surface area contributed by atoms with Crippen molar-refractivity contribution in [1.29, 1.82) is 0 Å². The van der Waals surface area contributed by atoms with Crippen LogP contribution in [0, 0.1) is 0 Å². The minimum Gasteiger partial charge on any atom is -0.493 e. The van der Waals surface area contributed by atoms with Gasteiger partial charge in [0.2, 0.25) is 0 Å². The van der Waals surface area contributed by atoms with E-state index in [0.29, 0.717) is 5.02 Å². The summed E-state index contributed by atoms with van der Waals surface area (Å²) in [6.07, 6.45) is 0.818. The lowest BCUT2D eigenvalue weighted by Crippen LogP contribution is -2.14. The van der Waals surface area contributed by atoms with Crippen LogP contribution < -0.4 is 15.2 Å². The topological polar surface area (TPSA) is 62.3 Å². The Morgan fingerprint density at radius 3 is 2.56 bits per heavy atom. The lowest BCUT2D eigenvalue weighted by molar-refractivity contribution is 0.354. The van der Waals surface area contributed by atoms with Gasteiger partial charge in [-0.05, 0) is 49.2 Å². The molecule has 1 aromatic heterocycles. The number of benzene rings is 2. The normalized spacial score (nSPS) is 12.4. The van der Waals surface area contributed by atoms with Gasteiger partial charge in [-0.25, -0.2) is 4.98 Å². The molecule has 1 heterocycles. The number of hydrogen-bond donors (Lipinski definition) is 1. The first-order valence-corrected chi connectivity index (χ1v) is 8.53. The van der Waals surface area contributed by atoms with Gasteiger partial charge in [-0.3, -0.25) is 0 Å². The van der Waals surface area contributed by atoms with Gasteiger partial charge in [-0.2, -0.15) is 0 Å². The van der Waals surface area contributed by atoms with Gasteiger partial charge in [0.05, 0.1) is 31.3 Å². The summed E-state index contributed by atoms with van der Waals surface area (Å²) in [6.45, 7) is 2.69. The first-order valence-electron chi connectivity index (χ1n) is 8.15. The molecule has 3 rings (SSSR count). The van der Waals surface area contributed by atoms with Gasteiger partial charge in [-0.15, -0.1) is 0 Å². The van der Waals surface area contributed by atoms with Crippen LogP contribution in [-0.2, 0) is 13.0 Å². The minimum atomic E-state index is -0.156. The molecule has 0 aliphatic heterocycles. The summed E-state index contributed by atoms with van der Waals surface area (Å²) in [5.74, 6) is 2.31. The van der Waals surface area contributed by atoms with Crippen molar-refractivity contribution < 1.29 is 9.47 Å². The Bertz CT molecular complexity index is 890. The summed E-state index contributed by atoms with van der Waals surface area (Å²) < 4.78 is 12.8. The molecule has 2 N–H and O–H groups in total. The fraction of sp³-hybridized carbons (Fsp3) is 0.316. The second-order valence-corrected chi connectivity index (χ2v) is 6.42. The summed E-state index contributed by atoms with van der Waals surface area (Å²) in [6, 6.07) is 11.5. The zero-order chi connectivity index (χ0) is 18.0. The molecule has 0 fully saturated rings. The van der Waals surface area contributed by atoms with Crippen LogP contribution in [0.2, 0.25) is 5.02 Å². The fourth-order valence-electron chi connectivity index (χ4n) is 2.97. The number of imidazole rings is 1. The number of halogens is 1. The predicted molar refractivity (Wildman–Crippen MR) is 101 cm³/mol. The SMILES string of the molecule is COc1ccc(CCn2c(C(C)N)nc3ccc(Cl)cc32)cc1OC. The van der Waals surface area contributed by atoms with E-state index in [1.807, 2.05) is 43.3 Å². The highest BCUT2D eigenvalue weighted by atomic mass is 35.5. The zero-order valence-electron chi connectivity index (χ0n) is 14.6. The van der Waals surface area contributed by atoms with Crippen molar-refractivity contribution in [3.05, 3.63) is 52.8 Å². The third-order valence-corrected chi connectivity index (χ3v) is 4.45. The molecule has 0 amide bonds. The monoisotopic (exact) mass is 359 g/mol. The van der Waals surface area contributed by atoms with Crippen molar-refractivity contribution in [3.8, 4) is 11.5 Å². The predicted octanol–water partition coefficient (Wildman–Crippen LogP) is 3.97. The Morgan fingerprint density at radius 1 is 1.12 bits per heavy atom. The summed E-state index contributed by atoms with van der Waals surface area (Å²) in [5, 5.41) is 0.691. The lowest BCUT2D eigenvalue weighted by Gasteiger charge is -2.13.